The Morgan fingerprint density at radius 1 is 1.18 bits per heavy atom. The molecule has 1 aromatic carbocycles. The smallest absolute Gasteiger partial charge is 0.333 e. The number of benzene rings is 1. The van der Waals surface area contributed by atoms with Gasteiger partial charge in [0.1, 0.15) is 42.7 Å². The first-order valence-corrected chi connectivity index (χ1v) is 10.7. The van der Waals surface area contributed by atoms with E-state index in [0.29, 0.717) is 36.8 Å². The molecule has 4 aromatic rings. The number of nitrogens with zero attached hydrogens (tertiary/aromatic N) is 6. The molecule has 12 heteroatoms. The van der Waals surface area contributed by atoms with E-state index in [9.17, 15) is 18.3 Å². The molecule has 0 saturated carbocycles. The van der Waals surface area contributed by atoms with Crippen LogP contribution in [-0.4, -0.2) is 47.7 Å². The highest BCUT2D eigenvalue weighted by Gasteiger charge is 2.45. The van der Waals surface area contributed by atoms with Gasteiger partial charge in [-0.3, -0.25) is 9.88 Å². The third-order valence-corrected chi connectivity index (χ3v) is 6.28. The average Bonchev–Trinajstić information content (AvgIpc) is 3.47. The molecule has 9 nitrogen and oxygen atoms in total. The molecule has 4 heterocycles. The van der Waals surface area contributed by atoms with Crippen LogP contribution < -0.4 is 9.36 Å². The molecule has 0 fully saturated rings. The number of halogens is 3. The third kappa shape index (κ3) is 4.05. The summed E-state index contributed by atoms with van der Waals surface area (Å²) in [6.07, 6.45) is 5.57. The molecule has 0 spiro atoms. The van der Waals surface area contributed by atoms with E-state index in [-0.39, 0.29) is 12.1 Å². The minimum absolute atomic E-state index is 0.0181. The van der Waals surface area contributed by atoms with E-state index in [1.807, 2.05) is 9.58 Å². The fourth-order valence-electron chi connectivity index (χ4n) is 4.39. The maximum atomic E-state index is 14.9. The molecule has 1 aliphatic rings. The zero-order valence-electron chi connectivity index (χ0n) is 18.3. The second kappa shape index (κ2) is 8.61. The van der Waals surface area contributed by atoms with Crippen molar-refractivity contribution in [2.75, 3.05) is 6.54 Å². The molecule has 34 heavy (non-hydrogen) atoms. The van der Waals surface area contributed by atoms with Crippen LogP contribution in [0.15, 0.2) is 49.3 Å². The van der Waals surface area contributed by atoms with Gasteiger partial charge in [0.05, 0.1) is 11.8 Å². The van der Waals surface area contributed by atoms with Crippen molar-refractivity contribution < 1.29 is 27.6 Å². The summed E-state index contributed by atoms with van der Waals surface area (Å²) in [5.41, 5.74) is -1.22. The van der Waals surface area contributed by atoms with Gasteiger partial charge in [0.15, 0.2) is 0 Å². The lowest BCUT2D eigenvalue weighted by Crippen LogP contribution is -2.61. The summed E-state index contributed by atoms with van der Waals surface area (Å²) >= 11 is 0. The fraction of sp³-hybridized carbons (Fsp3) is 0.318. The van der Waals surface area contributed by atoms with E-state index in [1.54, 1.807) is 6.92 Å². The van der Waals surface area contributed by atoms with Crippen molar-refractivity contribution in [3.05, 3.63) is 78.2 Å². The van der Waals surface area contributed by atoms with Gasteiger partial charge in [-0.2, -0.15) is 19.6 Å². The Bertz CT molecular complexity index is 1310. The number of rotatable bonds is 6. The predicted molar refractivity (Wildman–Crippen MR) is 111 cm³/mol. The van der Waals surface area contributed by atoms with Crippen LogP contribution in [0.4, 0.5) is 13.2 Å². The molecule has 1 aliphatic heterocycles. The predicted octanol–water partition coefficient (Wildman–Crippen LogP) is 0.979. The molecule has 0 unspecified atom stereocenters. The number of fused-ring (bicyclic) bond motifs is 1. The number of H-pyrrole nitrogens is 2. The minimum Gasteiger partial charge on any atom is -0.379 e. The third-order valence-electron chi connectivity index (χ3n) is 6.28. The second-order valence-corrected chi connectivity index (χ2v) is 8.38. The molecule has 0 saturated heterocycles. The maximum Gasteiger partial charge on any atom is 0.333 e. The fourth-order valence-corrected chi connectivity index (χ4v) is 4.39. The van der Waals surface area contributed by atoms with Crippen molar-refractivity contribution in [1.82, 2.24) is 30.0 Å². The van der Waals surface area contributed by atoms with Gasteiger partial charge >= 0.3 is 12.2 Å². The molecule has 0 amide bonds. The van der Waals surface area contributed by atoms with Crippen molar-refractivity contribution in [3.8, 4) is 11.4 Å². The summed E-state index contributed by atoms with van der Waals surface area (Å²) in [5.74, 6) is -0.866. The second-order valence-electron chi connectivity index (χ2n) is 8.38. The Labute approximate surface area is 192 Å². The van der Waals surface area contributed by atoms with Gasteiger partial charge in [0, 0.05) is 30.4 Å². The quantitative estimate of drug-likeness (QED) is 0.363. The largest absolute Gasteiger partial charge is 0.379 e. The highest BCUT2D eigenvalue weighted by molar-refractivity contribution is 5.52. The van der Waals surface area contributed by atoms with Crippen LogP contribution >= 0.6 is 0 Å². The molecule has 2 atom stereocenters. The normalized spacial score (nSPS) is 16.7. The van der Waals surface area contributed by atoms with Gasteiger partial charge in [0.2, 0.25) is 6.33 Å². The molecule has 3 aromatic heterocycles. The Balaban J connectivity index is 1.46. The van der Waals surface area contributed by atoms with Crippen LogP contribution in [0, 0.1) is 17.5 Å². The van der Waals surface area contributed by atoms with Gasteiger partial charge in [-0.25, -0.2) is 13.2 Å². The molecular formula is C22H23F3N8O+2. The molecule has 0 aliphatic carbocycles. The number of hydrogen-bond donors (Lipinski definition) is 3. The molecule has 3 N–H and O–H groups in total. The minimum atomic E-state index is -1.72. The van der Waals surface area contributed by atoms with Crippen LogP contribution in [0.25, 0.3) is 11.4 Å². The van der Waals surface area contributed by atoms with Gasteiger partial charge in [-0.05, 0) is 29.0 Å². The van der Waals surface area contributed by atoms with E-state index < -0.39 is 29.1 Å². The van der Waals surface area contributed by atoms with Crippen molar-refractivity contribution >= 4 is 0 Å². The first-order valence-electron chi connectivity index (χ1n) is 10.7. The van der Waals surface area contributed by atoms with Crippen molar-refractivity contribution in [1.29, 1.82) is 0 Å². The topological polar surface area (TPSA) is 101 Å². The molecule has 0 radical (unpaired) electrons. The Morgan fingerprint density at radius 3 is 2.76 bits per heavy atom. The van der Waals surface area contributed by atoms with Crippen LogP contribution in [0.3, 0.4) is 0 Å². The van der Waals surface area contributed by atoms with Crippen molar-refractivity contribution in [2.24, 2.45) is 0 Å². The lowest BCUT2D eigenvalue weighted by atomic mass is 9.85. The average molecular weight is 472 g/mol. The van der Waals surface area contributed by atoms with Gasteiger partial charge < -0.3 is 5.11 Å². The van der Waals surface area contributed by atoms with Crippen LogP contribution in [0.5, 0.6) is 0 Å². The maximum absolute atomic E-state index is 14.9. The lowest BCUT2D eigenvalue weighted by Gasteiger charge is -2.40. The summed E-state index contributed by atoms with van der Waals surface area (Å²) in [4.78, 5) is 14.4. The summed E-state index contributed by atoms with van der Waals surface area (Å²) < 4.78 is 45.4. The van der Waals surface area contributed by atoms with Gasteiger partial charge in [-0.15, -0.1) is 0 Å². The molecule has 176 valence electrons. The van der Waals surface area contributed by atoms with Crippen LogP contribution in [0.1, 0.15) is 18.3 Å². The van der Waals surface area contributed by atoms with E-state index in [1.165, 1.54) is 35.7 Å². The molecule has 5 rings (SSSR count). The van der Waals surface area contributed by atoms with Gasteiger partial charge in [0.25, 0.3) is 5.82 Å². The first kappa shape index (κ1) is 22.2. The highest BCUT2D eigenvalue weighted by Crippen LogP contribution is 2.32. The SMILES string of the molecule is C[C@@H](N1CC[n+]2[nH]c(-c3cncc(F)c3)nc2C1)[C@](O)(C[n+]1cnc[nH]1)c1ccc(F)cc1F. The molecule has 0 bridgehead atoms. The van der Waals surface area contributed by atoms with E-state index in [0.717, 1.165) is 18.3 Å². The Hall–Kier alpha value is -3.64. The Morgan fingerprint density at radius 2 is 2.03 bits per heavy atom. The van der Waals surface area contributed by atoms with E-state index in [4.69, 9.17) is 0 Å². The monoisotopic (exact) mass is 472 g/mol. The van der Waals surface area contributed by atoms with Crippen molar-refractivity contribution in [3.63, 3.8) is 0 Å². The van der Waals surface area contributed by atoms with E-state index >= 15 is 0 Å². The number of aliphatic hydroxyl groups is 1. The summed E-state index contributed by atoms with van der Waals surface area (Å²) in [6.45, 7) is 3.15. The van der Waals surface area contributed by atoms with Crippen LogP contribution in [-0.2, 0) is 25.2 Å². The first-order chi connectivity index (χ1) is 16.3. The number of pyridine rings is 1. The van der Waals surface area contributed by atoms with Gasteiger partial charge in [-0.1, -0.05) is 6.07 Å². The van der Waals surface area contributed by atoms with Crippen molar-refractivity contribution in [2.45, 2.75) is 38.2 Å². The standard InChI is InChI=1S/C22H21F3N8O/c1-14(22(34,11-32-13-27-12-28-32)18-3-2-16(23)7-19(18)25)31-4-5-33-20(10-31)29-21(30-33)15-6-17(24)9-26-8-15/h2-3,6-9,12-14,34H,4-5,10-11H2,1H3/p+2/t14-,22-/m1/s1. The highest BCUT2D eigenvalue weighted by atomic mass is 19.1. The lowest BCUT2D eigenvalue weighted by molar-refractivity contribution is -0.768. The van der Waals surface area contributed by atoms with E-state index in [2.05, 4.69) is 25.1 Å². The number of aromatic nitrogens is 7. The zero-order valence-corrected chi connectivity index (χ0v) is 18.3. The molecular weight excluding hydrogens is 449 g/mol. The zero-order chi connectivity index (χ0) is 23.9. The summed E-state index contributed by atoms with van der Waals surface area (Å²) in [6, 6.07) is 3.92. The number of aromatic amines is 2. The number of nitrogens with one attached hydrogen (secondary N) is 2. The van der Waals surface area contributed by atoms with Crippen LogP contribution in [0.2, 0.25) is 0 Å². The number of hydrogen-bond acceptors (Lipinski definition) is 5. The Kier molecular flexibility index (Phi) is 5.62. The summed E-state index contributed by atoms with van der Waals surface area (Å²) in [5, 5.41) is 17.9. The summed E-state index contributed by atoms with van der Waals surface area (Å²) in [7, 11) is 0.